The van der Waals surface area contributed by atoms with Gasteiger partial charge in [0.25, 0.3) is 0 Å². The molecule has 0 aliphatic rings. The number of amides is 1. The lowest BCUT2D eigenvalue weighted by Crippen LogP contribution is -2.47. The van der Waals surface area contributed by atoms with Crippen molar-refractivity contribution in [3.05, 3.63) is 65.0 Å². The van der Waals surface area contributed by atoms with Gasteiger partial charge in [-0.05, 0) is 60.7 Å². The molecule has 0 radical (unpaired) electrons. The minimum Gasteiger partial charge on any atom is -0.350 e. The van der Waals surface area contributed by atoms with Crippen molar-refractivity contribution in [1.29, 1.82) is 0 Å². The zero-order valence-electron chi connectivity index (χ0n) is 16.7. The van der Waals surface area contributed by atoms with Crippen molar-refractivity contribution >= 4 is 21.6 Å². The molecule has 1 atom stereocenters. The number of hydrogen-bond acceptors (Lipinski definition) is 3. The number of anilines is 1. The molecule has 0 unspecified atom stereocenters. The van der Waals surface area contributed by atoms with E-state index in [2.05, 4.69) is 37.4 Å². The molecular weight excluding hydrogens is 379 g/mol. The van der Waals surface area contributed by atoms with E-state index in [1.54, 1.807) is 0 Å². The number of carbonyl (C=O) groups is 1. The molecule has 0 aromatic heterocycles. The van der Waals surface area contributed by atoms with Crippen molar-refractivity contribution in [2.75, 3.05) is 10.6 Å². The fraction of sp³-hybridized carbons (Fsp3) is 0.381. The normalized spacial score (nSPS) is 12.5. The van der Waals surface area contributed by atoms with Crippen LogP contribution in [0.5, 0.6) is 0 Å². The van der Waals surface area contributed by atoms with Gasteiger partial charge in [-0.1, -0.05) is 32.0 Å². The average Bonchev–Trinajstić information content (AvgIpc) is 2.66. The van der Waals surface area contributed by atoms with Gasteiger partial charge < -0.3 is 5.32 Å². The molecule has 0 spiro atoms. The first kappa shape index (κ1) is 21.9. The van der Waals surface area contributed by atoms with Crippen LogP contribution in [0.1, 0.15) is 37.5 Å². The van der Waals surface area contributed by atoms with E-state index in [1.165, 1.54) is 36.8 Å². The van der Waals surface area contributed by atoms with Crippen LogP contribution in [0.3, 0.4) is 0 Å². The molecule has 152 valence electrons. The molecule has 1 amide bonds. The van der Waals surface area contributed by atoms with E-state index in [1.807, 2.05) is 0 Å². The van der Waals surface area contributed by atoms with Gasteiger partial charge in [-0.2, -0.15) is 0 Å². The third-order valence-corrected chi connectivity index (χ3v) is 5.92. The first-order chi connectivity index (χ1) is 13.2. The zero-order chi connectivity index (χ0) is 20.9. The summed E-state index contributed by atoms with van der Waals surface area (Å²) >= 11 is 0. The highest BCUT2D eigenvalue weighted by atomic mass is 32.2. The second-order valence-electron chi connectivity index (χ2n) is 6.74. The predicted molar refractivity (Wildman–Crippen MR) is 110 cm³/mol. The molecule has 5 nitrogen and oxygen atoms in total. The molecule has 2 rings (SSSR count). The van der Waals surface area contributed by atoms with Crippen LogP contribution in [0.15, 0.2) is 42.5 Å². The van der Waals surface area contributed by atoms with Gasteiger partial charge in [-0.15, -0.1) is 0 Å². The molecule has 0 heterocycles. The van der Waals surface area contributed by atoms with E-state index >= 15 is 0 Å². The third-order valence-electron chi connectivity index (χ3n) is 4.68. The van der Waals surface area contributed by atoms with Gasteiger partial charge in [-0.3, -0.25) is 9.10 Å². The van der Waals surface area contributed by atoms with Crippen molar-refractivity contribution in [3.8, 4) is 0 Å². The molecule has 2 aromatic carbocycles. The van der Waals surface area contributed by atoms with Crippen LogP contribution >= 0.6 is 0 Å². The summed E-state index contributed by atoms with van der Waals surface area (Å²) in [6.07, 6.45) is 2.77. The Morgan fingerprint density at radius 2 is 1.71 bits per heavy atom. The van der Waals surface area contributed by atoms with Crippen LogP contribution in [0, 0.1) is 5.82 Å². The van der Waals surface area contributed by atoms with E-state index < -0.39 is 27.8 Å². The Kier molecular flexibility index (Phi) is 7.18. The van der Waals surface area contributed by atoms with Gasteiger partial charge >= 0.3 is 0 Å². The van der Waals surface area contributed by atoms with Gasteiger partial charge in [0.05, 0.1) is 11.9 Å². The number of carbonyl (C=O) groups excluding carboxylic acids is 1. The number of sulfonamides is 1. The zero-order valence-corrected chi connectivity index (χ0v) is 17.5. The fourth-order valence-electron chi connectivity index (χ4n) is 3.14. The maximum Gasteiger partial charge on any atom is 0.243 e. The second-order valence-corrected chi connectivity index (χ2v) is 8.60. The first-order valence-electron chi connectivity index (χ1n) is 9.30. The molecule has 0 fully saturated rings. The van der Waals surface area contributed by atoms with Gasteiger partial charge in [0.2, 0.25) is 15.9 Å². The van der Waals surface area contributed by atoms with Gasteiger partial charge in [0.15, 0.2) is 0 Å². The van der Waals surface area contributed by atoms with Crippen molar-refractivity contribution in [2.24, 2.45) is 0 Å². The number of benzene rings is 2. The van der Waals surface area contributed by atoms with Crippen LogP contribution in [0.4, 0.5) is 10.1 Å². The topological polar surface area (TPSA) is 66.5 Å². The van der Waals surface area contributed by atoms with Gasteiger partial charge in [0.1, 0.15) is 11.9 Å². The molecular formula is C21H27FN2O3S. The van der Waals surface area contributed by atoms with E-state index in [-0.39, 0.29) is 5.69 Å². The molecule has 0 aliphatic heterocycles. The highest BCUT2D eigenvalue weighted by Gasteiger charge is 2.29. The lowest BCUT2D eigenvalue weighted by atomic mass is 10.0. The quantitative estimate of drug-likeness (QED) is 0.730. The van der Waals surface area contributed by atoms with Crippen LogP contribution in [0.2, 0.25) is 0 Å². The molecule has 7 heteroatoms. The van der Waals surface area contributed by atoms with E-state index in [0.29, 0.717) is 6.54 Å². The lowest BCUT2D eigenvalue weighted by Gasteiger charge is -2.28. The number of nitrogens with zero attached hydrogens (tertiary/aromatic N) is 1. The summed E-state index contributed by atoms with van der Waals surface area (Å²) in [6, 6.07) is 10.3. The smallest absolute Gasteiger partial charge is 0.243 e. The summed E-state index contributed by atoms with van der Waals surface area (Å²) in [5.74, 6) is -0.893. The molecule has 1 N–H and O–H groups in total. The van der Waals surface area contributed by atoms with Gasteiger partial charge in [0, 0.05) is 6.54 Å². The number of rotatable bonds is 8. The van der Waals surface area contributed by atoms with Crippen molar-refractivity contribution < 1.29 is 17.6 Å². The van der Waals surface area contributed by atoms with Gasteiger partial charge in [-0.25, -0.2) is 12.8 Å². The summed E-state index contributed by atoms with van der Waals surface area (Å²) in [4.78, 5) is 12.7. The Bertz CT molecular complexity index is 927. The summed E-state index contributed by atoms with van der Waals surface area (Å²) in [7, 11) is -3.73. The Balaban J connectivity index is 2.21. The van der Waals surface area contributed by atoms with Crippen LogP contribution in [-0.2, 0) is 34.2 Å². The summed E-state index contributed by atoms with van der Waals surface area (Å²) in [6.45, 7) is 5.96. The molecule has 2 aromatic rings. The maximum atomic E-state index is 13.2. The Labute approximate surface area is 166 Å². The third kappa shape index (κ3) is 5.32. The number of aryl methyl sites for hydroxylation is 2. The van der Waals surface area contributed by atoms with Crippen molar-refractivity contribution in [2.45, 2.75) is 46.2 Å². The van der Waals surface area contributed by atoms with Crippen LogP contribution in [0.25, 0.3) is 0 Å². The SMILES string of the molecule is CCc1ccc(CC)c(CNC(=O)[C@@H](C)N(c2ccc(F)cc2)S(C)(=O)=O)c1. The van der Waals surface area contributed by atoms with Crippen molar-refractivity contribution in [1.82, 2.24) is 5.32 Å². The Hall–Kier alpha value is -2.41. The molecule has 0 saturated heterocycles. The Morgan fingerprint density at radius 1 is 1.07 bits per heavy atom. The first-order valence-corrected chi connectivity index (χ1v) is 11.2. The summed E-state index contributed by atoms with van der Waals surface area (Å²) in [5.41, 5.74) is 3.59. The highest BCUT2D eigenvalue weighted by molar-refractivity contribution is 7.92. The summed E-state index contributed by atoms with van der Waals surface area (Å²) in [5, 5.41) is 2.84. The van der Waals surface area contributed by atoms with Crippen LogP contribution in [-0.4, -0.2) is 26.6 Å². The Morgan fingerprint density at radius 3 is 2.25 bits per heavy atom. The van der Waals surface area contributed by atoms with E-state index in [4.69, 9.17) is 0 Å². The molecule has 0 bridgehead atoms. The van der Waals surface area contributed by atoms with E-state index in [9.17, 15) is 17.6 Å². The lowest BCUT2D eigenvalue weighted by molar-refractivity contribution is -0.122. The monoisotopic (exact) mass is 406 g/mol. The van der Waals surface area contributed by atoms with Crippen LogP contribution < -0.4 is 9.62 Å². The summed E-state index contributed by atoms with van der Waals surface area (Å²) < 4.78 is 38.8. The number of nitrogens with one attached hydrogen (secondary N) is 1. The molecule has 0 aliphatic carbocycles. The fourth-order valence-corrected chi connectivity index (χ4v) is 4.31. The predicted octanol–water partition coefficient (Wildman–Crippen LogP) is 3.42. The molecule has 28 heavy (non-hydrogen) atoms. The number of hydrogen-bond donors (Lipinski definition) is 1. The largest absolute Gasteiger partial charge is 0.350 e. The minimum absolute atomic E-state index is 0.244. The number of halogens is 1. The maximum absolute atomic E-state index is 13.2. The standard InChI is InChI=1S/C21H27FN2O3S/c1-5-16-7-8-17(6-2)18(13-16)14-23-21(25)15(3)24(28(4,26)27)20-11-9-19(22)10-12-20/h7-13,15H,5-6,14H2,1-4H3,(H,23,25)/t15-/m1/s1. The van der Waals surface area contributed by atoms with E-state index in [0.717, 1.165) is 34.5 Å². The second kappa shape index (κ2) is 9.19. The van der Waals surface area contributed by atoms with Crippen molar-refractivity contribution in [3.63, 3.8) is 0 Å². The average molecular weight is 407 g/mol. The highest BCUT2D eigenvalue weighted by Crippen LogP contribution is 2.21. The molecule has 0 saturated carbocycles. The minimum atomic E-state index is -3.73.